The van der Waals surface area contributed by atoms with E-state index >= 15 is 0 Å². The van der Waals surface area contributed by atoms with Crippen molar-refractivity contribution in [3.8, 4) is 6.07 Å². The maximum absolute atomic E-state index is 11.8. The van der Waals surface area contributed by atoms with E-state index < -0.39 is 23.8 Å². The molecule has 0 heterocycles. The number of nitrogens with zero attached hydrogens (tertiary/aromatic N) is 4. The van der Waals surface area contributed by atoms with Gasteiger partial charge in [0.2, 0.25) is 5.91 Å². The normalized spacial score (nSPS) is 10.3. The van der Waals surface area contributed by atoms with Crippen LogP contribution in [0.25, 0.3) is 0 Å². The Morgan fingerprint density at radius 2 is 1.59 bits per heavy atom. The van der Waals surface area contributed by atoms with Crippen molar-refractivity contribution in [2.45, 2.75) is 6.92 Å². The molecule has 0 aliphatic rings. The summed E-state index contributed by atoms with van der Waals surface area (Å²) >= 11 is 0. The molecule has 0 saturated carbocycles. The van der Waals surface area contributed by atoms with E-state index in [1.165, 1.54) is 56.4 Å². The first-order valence-corrected chi connectivity index (χ1v) is 9.74. The number of nitriles is 1. The Kier molecular flexibility index (Phi) is 8.78. The predicted octanol–water partition coefficient (Wildman–Crippen LogP) is 2.18. The molecule has 2 aromatic carbocycles. The van der Waals surface area contributed by atoms with Gasteiger partial charge in [-0.3, -0.25) is 19.2 Å². The molecule has 12 heteroatoms. The first kappa shape index (κ1) is 25.5. The second kappa shape index (κ2) is 11.7. The highest BCUT2D eigenvalue weighted by Crippen LogP contribution is 2.32. The Morgan fingerprint density at radius 3 is 2.12 bits per heavy atom. The van der Waals surface area contributed by atoms with E-state index in [1.807, 2.05) is 6.07 Å². The molecule has 2 amide bonds. The van der Waals surface area contributed by atoms with Crippen molar-refractivity contribution < 1.29 is 28.7 Å². The molecule has 0 unspecified atom stereocenters. The highest BCUT2D eigenvalue weighted by atomic mass is 16.5. The van der Waals surface area contributed by atoms with Crippen LogP contribution >= 0.6 is 0 Å². The summed E-state index contributed by atoms with van der Waals surface area (Å²) in [5.74, 6) is -2.37. The summed E-state index contributed by atoms with van der Waals surface area (Å²) in [5, 5.41) is 19.8. The van der Waals surface area contributed by atoms with Gasteiger partial charge in [-0.25, -0.2) is 0 Å². The molecule has 0 bridgehead atoms. The number of hydrogen-bond donors (Lipinski definition) is 2. The zero-order valence-electron chi connectivity index (χ0n) is 18.7. The SMILES string of the molecule is COC(=O)CN(CC(=O)OC)c1ccc(N=Nc2ccc(C#N)cc2C(N)=O)c(NC(C)=O)c1. The lowest BCUT2D eigenvalue weighted by Gasteiger charge is -2.23. The third kappa shape index (κ3) is 6.86. The van der Waals surface area contributed by atoms with Crippen LogP contribution in [0.3, 0.4) is 0 Å². The smallest absolute Gasteiger partial charge is 0.325 e. The summed E-state index contributed by atoms with van der Waals surface area (Å²) in [7, 11) is 2.43. The van der Waals surface area contributed by atoms with Crippen molar-refractivity contribution >= 4 is 46.5 Å². The van der Waals surface area contributed by atoms with Crippen LogP contribution in [0.15, 0.2) is 46.6 Å². The van der Waals surface area contributed by atoms with Crippen molar-refractivity contribution in [1.82, 2.24) is 0 Å². The fourth-order valence-electron chi connectivity index (χ4n) is 2.77. The number of nitrogens with two attached hydrogens (primary N) is 1. The highest BCUT2D eigenvalue weighted by Gasteiger charge is 2.18. The van der Waals surface area contributed by atoms with E-state index in [1.54, 1.807) is 6.07 Å². The van der Waals surface area contributed by atoms with E-state index in [-0.39, 0.29) is 41.3 Å². The standard InChI is InChI=1S/C22H22N6O6/c1-13(29)25-19-9-15(28(11-20(30)33-2)12-21(31)34-3)5-7-18(19)27-26-17-6-4-14(10-23)8-16(17)22(24)32/h4-9H,11-12H2,1-3H3,(H2,24,32)(H,25,29). The van der Waals surface area contributed by atoms with E-state index in [0.29, 0.717) is 5.69 Å². The number of benzene rings is 2. The summed E-state index contributed by atoms with van der Waals surface area (Å²) in [6.07, 6.45) is 0. The number of primary amides is 1. The summed E-state index contributed by atoms with van der Waals surface area (Å²) in [5.41, 5.74) is 6.57. The van der Waals surface area contributed by atoms with E-state index in [0.717, 1.165) is 0 Å². The highest BCUT2D eigenvalue weighted by molar-refractivity contribution is 5.98. The molecule has 34 heavy (non-hydrogen) atoms. The topological polar surface area (TPSA) is 177 Å². The number of hydrogen-bond acceptors (Lipinski definition) is 10. The second-order valence-corrected chi connectivity index (χ2v) is 6.80. The molecular formula is C22H22N6O6. The van der Waals surface area contributed by atoms with E-state index in [9.17, 15) is 19.2 Å². The maximum Gasteiger partial charge on any atom is 0.325 e. The number of rotatable bonds is 9. The van der Waals surface area contributed by atoms with E-state index in [4.69, 9.17) is 11.0 Å². The number of methoxy groups -OCH3 is 2. The molecule has 3 N–H and O–H groups in total. The van der Waals surface area contributed by atoms with Gasteiger partial charge in [0.05, 0.1) is 42.8 Å². The molecule has 176 valence electrons. The molecule has 0 saturated heterocycles. The summed E-state index contributed by atoms with van der Waals surface area (Å²) in [6, 6.07) is 10.6. The fraction of sp³-hybridized carbons (Fsp3) is 0.227. The third-order valence-electron chi connectivity index (χ3n) is 4.41. The minimum Gasteiger partial charge on any atom is -0.468 e. The van der Waals surface area contributed by atoms with E-state index in [2.05, 4.69) is 25.0 Å². The van der Waals surface area contributed by atoms with Crippen LogP contribution < -0.4 is 16.0 Å². The van der Waals surface area contributed by atoms with Crippen LogP contribution in [0.2, 0.25) is 0 Å². The Morgan fingerprint density at radius 1 is 1.00 bits per heavy atom. The zero-order valence-corrected chi connectivity index (χ0v) is 18.7. The van der Waals surface area contributed by atoms with Crippen LogP contribution in [-0.2, 0) is 23.9 Å². The van der Waals surface area contributed by atoms with Gasteiger partial charge in [-0.2, -0.15) is 5.26 Å². The van der Waals surface area contributed by atoms with Gasteiger partial charge in [0.15, 0.2) is 0 Å². The van der Waals surface area contributed by atoms with Crippen molar-refractivity contribution in [1.29, 1.82) is 5.26 Å². The van der Waals surface area contributed by atoms with Crippen LogP contribution in [0, 0.1) is 11.3 Å². The number of carbonyl (C=O) groups is 4. The number of esters is 2. The Bertz CT molecular complexity index is 1170. The van der Waals surface area contributed by atoms with Gasteiger partial charge in [-0.1, -0.05) is 0 Å². The predicted molar refractivity (Wildman–Crippen MR) is 121 cm³/mol. The molecule has 0 aliphatic heterocycles. The summed E-state index contributed by atoms with van der Waals surface area (Å²) in [4.78, 5) is 48.5. The first-order chi connectivity index (χ1) is 16.2. The van der Waals surface area contributed by atoms with Crippen LogP contribution in [0.5, 0.6) is 0 Å². The van der Waals surface area contributed by atoms with Gasteiger partial charge in [-0.15, -0.1) is 10.2 Å². The van der Waals surface area contributed by atoms with Crippen molar-refractivity contribution in [2.24, 2.45) is 16.0 Å². The molecule has 0 aromatic heterocycles. The number of azo groups is 1. The molecule has 2 rings (SSSR count). The molecule has 0 aliphatic carbocycles. The molecule has 0 atom stereocenters. The van der Waals surface area contributed by atoms with Crippen LogP contribution in [0.4, 0.5) is 22.7 Å². The Hall–Kier alpha value is -4.79. The van der Waals surface area contributed by atoms with Gasteiger partial charge < -0.3 is 25.4 Å². The molecule has 2 aromatic rings. The lowest BCUT2D eigenvalue weighted by Crippen LogP contribution is -2.35. The maximum atomic E-state index is 11.8. The number of carbonyl (C=O) groups excluding carboxylic acids is 4. The van der Waals surface area contributed by atoms with Gasteiger partial charge in [0, 0.05) is 12.6 Å². The lowest BCUT2D eigenvalue weighted by atomic mass is 10.1. The van der Waals surface area contributed by atoms with Crippen LogP contribution in [0.1, 0.15) is 22.8 Å². The minimum atomic E-state index is -0.787. The zero-order chi connectivity index (χ0) is 25.3. The first-order valence-electron chi connectivity index (χ1n) is 9.74. The lowest BCUT2D eigenvalue weighted by molar-refractivity contribution is -0.140. The molecule has 0 radical (unpaired) electrons. The largest absolute Gasteiger partial charge is 0.468 e. The average molecular weight is 466 g/mol. The van der Waals surface area contributed by atoms with Crippen LogP contribution in [-0.4, -0.2) is 51.1 Å². The van der Waals surface area contributed by atoms with Gasteiger partial charge in [0.1, 0.15) is 18.8 Å². The molecule has 0 fully saturated rings. The van der Waals surface area contributed by atoms with Crippen molar-refractivity contribution in [3.05, 3.63) is 47.5 Å². The summed E-state index contributed by atoms with van der Waals surface area (Å²) < 4.78 is 9.35. The molecular weight excluding hydrogens is 444 g/mol. The third-order valence-corrected chi connectivity index (χ3v) is 4.41. The van der Waals surface area contributed by atoms with Gasteiger partial charge >= 0.3 is 11.9 Å². The van der Waals surface area contributed by atoms with Crippen molar-refractivity contribution in [2.75, 3.05) is 37.5 Å². The second-order valence-electron chi connectivity index (χ2n) is 6.80. The van der Waals surface area contributed by atoms with Crippen molar-refractivity contribution in [3.63, 3.8) is 0 Å². The number of anilines is 2. The number of nitrogens with one attached hydrogen (secondary N) is 1. The number of ether oxygens (including phenoxy) is 2. The van der Waals surface area contributed by atoms with Gasteiger partial charge in [-0.05, 0) is 36.4 Å². The minimum absolute atomic E-state index is 0.00262. The summed E-state index contributed by atoms with van der Waals surface area (Å²) in [6.45, 7) is 0.790. The Labute approximate surface area is 195 Å². The quantitative estimate of drug-likeness (QED) is 0.417. The number of amides is 2. The van der Waals surface area contributed by atoms with Gasteiger partial charge in [0.25, 0.3) is 5.91 Å². The molecule has 0 spiro atoms. The Balaban J connectivity index is 2.49. The fourth-order valence-corrected chi connectivity index (χ4v) is 2.77. The molecule has 12 nitrogen and oxygen atoms in total. The monoisotopic (exact) mass is 466 g/mol. The average Bonchev–Trinajstić information content (AvgIpc) is 2.81.